The van der Waals surface area contributed by atoms with E-state index in [-0.39, 0.29) is 31.2 Å². The summed E-state index contributed by atoms with van der Waals surface area (Å²) in [6.45, 7) is 2.58. The number of aliphatic carboxylic acids is 1. The number of nitrogens with zero attached hydrogens (tertiary/aromatic N) is 1. The van der Waals surface area contributed by atoms with Gasteiger partial charge in [-0.25, -0.2) is 4.79 Å². The van der Waals surface area contributed by atoms with Crippen molar-refractivity contribution in [3.8, 4) is 0 Å². The van der Waals surface area contributed by atoms with Crippen molar-refractivity contribution in [1.29, 1.82) is 0 Å². The van der Waals surface area contributed by atoms with Crippen LogP contribution in [-0.2, 0) is 9.59 Å². The quantitative estimate of drug-likeness (QED) is 0.599. The van der Waals surface area contributed by atoms with Crippen LogP contribution in [0.15, 0.2) is 0 Å². The molecule has 1 saturated heterocycles. The molecule has 3 atom stereocenters. The fourth-order valence-corrected chi connectivity index (χ4v) is 1.95. The van der Waals surface area contributed by atoms with E-state index in [2.05, 4.69) is 0 Å². The van der Waals surface area contributed by atoms with Gasteiger partial charge in [0.25, 0.3) is 0 Å². The minimum Gasteiger partial charge on any atom is -0.480 e. The van der Waals surface area contributed by atoms with E-state index in [1.165, 1.54) is 4.90 Å². The van der Waals surface area contributed by atoms with E-state index in [4.69, 9.17) is 10.8 Å². The first kappa shape index (κ1) is 13.9. The van der Waals surface area contributed by atoms with Crippen LogP contribution >= 0.6 is 0 Å². The summed E-state index contributed by atoms with van der Waals surface area (Å²) >= 11 is 0. The fourth-order valence-electron chi connectivity index (χ4n) is 1.95. The Morgan fingerprint density at radius 1 is 1.53 bits per heavy atom. The van der Waals surface area contributed by atoms with Gasteiger partial charge in [-0.05, 0) is 18.9 Å². The highest BCUT2D eigenvalue weighted by molar-refractivity contribution is 5.84. The van der Waals surface area contributed by atoms with Gasteiger partial charge in [-0.1, -0.05) is 6.92 Å². The summed E-state index contributed by atoms with van der Waals surface area (Å²) in [5, 5.41) is 18.4. The monoisotopic (exact) mass is 244 g/mol. The van der Waals surface area contributed by atoms with Gasteiger partial charge in [0, 0.05) is 19.4 Å². The number of carbonyl (C=O) groups excluding carboxylic acids is 1. The largest absolute Gasteiger partial charge is 0.480 e. The summed E-state index contributed by atoms with van der Waals surface area (Å²) in [7, 11) is 0. The third-order valence-corrected chi connectivity index (χ3v) is 3.14. The molecule has 98 valence electrons. The molecule has 1 amide bonds. The molecule has 1 aliphatic rings. The van der Waals surface area contributed by atoms with Gasteiger partial charge in [-0.3, -0.25) is 4.79 Å². The number of hydrogen-bond acceptors (Lipinski definition) is 4. The maximum absolute atomic E-state index is 11.8. The topological polar surface area (TPSA) is 104 Å². The van der Waals surface area contributed by atoms with Gasteiger partial charge in [0.1, 0.15) is 6.04 Å². The molecule has 1 fully saturated rings. The first-order chi connectivity index (χ1) is 7.95. The van der Waals surface area contributed by atoms with Crippen molar-refractivity contribution >= 4 is 11.9 Å². The lowest BCUT2D eigenvalue weighted by Crippen LogP contribution is -2.40. The van der Waals surface area contributed by atoms with Crippen LogP contribution in [0.1, 0.15) is 26.2 Å². The van der Waals surface area contributed by atoms with Crippen LogP contribution in [0.5, 0.6) is 0 Å². The average molecular weight is 244 g/mol. The Labute approximate surface area is 100 Å². The van der Waals surface area contributed by atoms with Crippen LogP contribution in [0.2, 0.25) is 0 Å². The molecule has 1 unspecified atom stereocenters. The molecule has 6 nitrogen and oxygen atoms in total. The number of rotatable bonds is 5. The Kier molecular flexibility index (Phi) is 4.89. The summed E-state index contributed by atoms with van der Waals surface area (Å²) in [4.78, 5) is 24.0. The molecule has 0 radical (unpaired) electrons. The van der Waals surface area contributed by atoms with Crippen molar-refractivity contribution in [2.24, 2.45) is 11.7 Å². The number of aliphatic hydroxyl groups is 1. The highest BCUT2D eigenvalue weighted by Gasteiger charge is 2.38. The van der Waals surface area contributed by atoms with Gasteiger partial charge in [0.15, 0.2) is 0 Å². The van der Waals surface area contributed by atoms with E-state index in [0.717, 1.165) is 0 Å². The second-order valence-corrected chi connectivity index (χ2v) is 4.67. The zero-order valence-corrected chi connectivity index (χ0v) is 10.0. The first-order valence-electron chi connectivity index (χ1n) is 5.86. The van der Waals surface area contributed by atoms with Crippen molar-refractivity contribution in [3.05, 3.63) is 0 Å². The third-order valence-electron chi connectivity index (χ3n) is 3.14. The summed E-state index contributed by atoms with van der Waals surface area (Å²) in [6.07, 6.45) is 0.323. The number of likely N-dealkylation sites (tertiary alicyclic amines) is 1. The lowest BCUT2D eigenvalue weighted by Gasteiger charge is -2.21. The molecule has 1 rings (SSSR count). The third kappa shape index (κ3) is 3.67. The summed E-state index contributed by atoms with van der Waals surface area (Å²) in [6, 6.07) is -0.884. The number of carboxylic acid groups (broad SMARTS) is 1. The Morgan fingerprint density at radius 3 is 2.71 bits per heavy atom. The second kappa shape index (κ2) is 5.97. The standard InChI is InChI=1S/C11H20N2O4/c1-7(5-12)2-3-10(15)13-6-8(14)4-9(13)11(16)17/h7-9,14H,2-6,12H2,1H3,(H,16,17)/t7?,8-,9-/m1/s1. The molecule has 0 bridgehead atoms. The van der Waals surface area contributed by atoms with Gasteiger partial charge in [-0.2, -0.15) is 0 Å². The molecule has 0 spiro atoms. The lowest BCUT2D eigenvalue weighted by molar-refractivity contribution is -0.148. The van der Waals surface area contributed by atoms with Gasteiger partial charge < -0.3 is 20.8 Å². The van der Waals surface area contributed by atoms with Gasteiger partial charge in [0.05, 0.1) is 6.10 Å². The van der Waals surface area contributed by atoms with Gasteiger partial charge in [-0.15, -0.1) is 0 Å². The van der Waals surface area contributed by atoms with Crippen LogP contribution in [0.3, 0.4) is 0 Å². The Hall–Kier alpha value is -1.14. The molecule has 4 N–H and O–H groups in total. The van der Waals surface area contributed by atoms with Gasteiger partial charge >= 0.3 is 5.97 Å². The minimum atomic E-state index is -1.05. The summed E-state index contributed by atoms with van der Waals surface area (Å²) in [5.41, 5.74) is 5.45. The van der Waals surface area contributed by atoms with E-state index in [0.29, 0.717) is 13.0 Å². The number of nitrogens with two attached hydrogens (primary N) is 1. The number of hydrogen-bond donors (Lipinski definition) is 3. The van der Waals surface area contributed by atoms with Crippen LogP contribution in [0.4, 0.5) is 0 Å². The van der Waals surface area contributed by atoms with Crippen molar-refractivity contribution in [3.63, 3.8) is 0 Å². The number of carboxylic acids is 1. The Morgan fingerprint density at radius 2 is 2.18 bits per heavy atom. The molecule has 17 heavy (non-hydrogen) atoms. The smallest absolute Gasteiger partial charge is 0.326 e. The van der Waals surface area contributed by atoms with Crippen molar-refractivity contribution < 1.29 is 19.8 Å². The van der Waals surface area contributed by atoms with E-state index in [1.807, 2.05) is 6.92 Å². The lowest BCUT2D eigenvalue weighted by atomic mass is 10.1. The maximum Gasteiger partial charge on any atom is 0.326 e. The molecule has 0 aromatic rings. The predicted octanol–water partition coefficient (Wildman–Crippen LogP) is -0.592. The number of carbonyl (C=O) groups is 2. The predicted molar refractivity (Wildman–Crippen MR) is 61.2 cm³/mol. The number of amides is 1. The van der Waals surface area contributed by atoms with Crippen LogP contribution in [0.25, 0.3) is 0 Å². The molecule has 1 aliphatic heterocycles. The molecular formula is C11H20N2O4. The van der Waals surface area contributed by atoms with E-state index < -0.39 is 18.1 Å². The average Bonchev–Trinajstić information content (AvgIpc) is 2.67. The SMILES string of the molecule is CC(CN)CCC(=O)N1C[C@H](O)C[C@@H]1C(=O)O. The van der Waals surface area contributed by atoms with Gasteiger partial charge in [0.2, 0.25) is 5.91 Å². The van der Waals surface area contributed by atoms with Crippen LogP contribution in [-0.4, -0.2) is 52.2 Å². The zero-order chi connectivity index (χ0) is 13.0. The van der Waals surface area contributed by atoms with Crippen LogP contribution < -0.4 is 5.73 Å². The van der Waals surface area contributed by atoms with E-state index >= 15 is 0 Å². The van der Waals surface area contributed by atoms with Crippen LogP contribution in [0, 0.1) is 5.92 Å². The summed E-state index contributed by atoms with van der Waals surface area (Å²) < 4.78 is 0. The van der Waals surface area contributed by atoms with Crippen molar-refractivity contribution in [2.45, 2.75) is 38.3 Å². The van der Waals surface area contributed by atoms with Crippen molar-refractivity contribution in [2.75, 3.05) is 13.1 Å². The van der Waals surface area contributed by atoms with Crippen molar-refractivity contribution in [1.82, 2.24) is 4.90 Å². The molecular weight excluding hydrogens is 224 g/mol. The van der Waals surface area contributed by atoms with E-state index in [9.17, 15) is 14.7 Å². The Balaban J connectivity index is 2.52. The Bertz CT molecular complexity index is 295. The highest BCUT2D eigenvalue weighted by atomic mass is 16.4. The second-order valence-electron chi connectivity index (χ2n) is 4.67. The zero-order valence-electron chi connectivity index (χ0n) is 10.0. The minimum absolute atomic E-state index is 0.118. The molecule has 1 heterocycles. The summed E-state index contributed by atoms with van der Waals surface area (Å²) in [5.74, 6) is -1.02. The maximum atomic E-state index is 11.8. The molecule has 0 saturated carbocycles. The molecule has 0 aromatic heterocycles. The number of aliphatic hydroxyl groups excluding tert-OH is 1. The molecule has 6 heteroatoms. The molecule has 0 aliphatic carbocycles. The normalized spacial score (nSPS) is 25.9. The number of β-amino-alcohol motifs (C(OH)–C–C–N with tert-alkyl or cyclic N) is 1. The molecule has 0 aromatic carbocycles. The first-order valence-corrected chi connectivity index (χ1v) is 5.86. The highest BCUT2D eigenvalue weighted by Crippen LogP contribution is 2.20. The van der Waals surface area contributed by atoms with E-state index in [1.54, 1.807) is 0 Å². The fraction of sp³-hybridized carbons (Fsp3) is 0.818.